The van der Waals surface area contributed by atoms with Crippen LogP contribution in [0.5, 0.6) is 5.75 Å². The van der Waals surface area contributed by atoms with Crippen molar-refractivity contribution in [1.29, 1.82) is 0 Å². The van der Waals surface area contributed by atoms with Crippen molar-refractivity contribution in [2.45, 2.75) is 0 Å². The molecule has 0 spiro atoms. The zero-order valence-corrected chi connectivity index (χ0v) is 9.87. The highest BCUT2D eigenvalue weighted by Gasteiger charge is 2.27. The molecular formula is C12H11NO6. The number of carbonyl (C=O) groups is 3. The van der Waals surface area contributed by atoms with Crippen molar-refractivity contribution in [3.8, 4) is 5.75 Å². The fraction of sp³-hybridized carbons (Fsp3) is 0.250. The monoisotopic (exact) mass is 265 g/mol. The van der Waals surface area contributed by atoms with Crippen LogP contribution < -0.4 is 9.64 Å². The second-order valence-electron chi connectivity index (χ2n) is 3.79. The predicted octanol–water partition coefficient (Wildman–Crippen LogP) is 0.0398. The van der Waals surface area contributed by atoms with Crippen LogP contribution in [0, 0.1) is 0 Å². The lowest BCUT2D eigenvalue weighted by Gasteiger charge is -2.24. The molecule has 0 aromatic heterocycles. The van der Waals surface area contributed by atoms with Gasteiger partial charge in [-0.15, -0.1) is 0 Å². The number of hydrogen-bond acceptors (Lipinski definition) is 5. The number of imide groups is 1. The SMILES string of the molecule is O=C(O)COc1ccc(N2C(=O)COCC2=O)cc1. The molecule has 100 valence electrons. The van der Waals surface area contributed by atoms with Crippen LogP contribution in [0.3, 0.4) is 0 Å². The number of carbonyl (C=O) groups excluding carboxylic acids is 2. The molecule has 1 N–H and O–H groups in total. The van der Waals surface area contributed by atoms with Gasteiger partial charge in [0, 0.05) is 0 Å². The molecule has 0 aliphatic carbocycles. The first kappa shape index (κ1) is 13.0. The lowest BCUT2D eigenvalue weighted by Crippen LogP contribution is -2.46. The average Bonchev–Trinajstić information content (AvgIpc) is 2.37. The van der Waals surface area contributed by atoms with Crippen LogP contribution >= 0.6 is 0 Å². The van der Waals surface area contributed by atoms with Crippen LogP contribution in [0.4, 0.5) is 5.69 Å². The van der Waals surface area contributed by atoms with E-state index in [1.807, 2.05) is 0 Å². The number of carboxylic acids is 1. The zero-order valence-electron chi connectivity index (χ0n) is 9.87. The molecule has 7 nitrogen and oxygen atoms in total. The van der Waals surface area contributed by atoms with Gasteiger partial charge in [0.2, 0.25) is 0 Å². The maximum absolute atomic E-state index is 11.6. The van der Waals surface area contributed by atoms with Gasteiger partial charge in [-0.3, -0.25) is 9.59 Å². The third-order valence-electron chi connectivity index (χ3n) is 2.41. The molecule has 7 heteroatoms. The van der Waals surface area contributed by atoms with Gasteiger partial charge in [0.25, 0.3) is 11.8 Å². The molecule has 1 aliphatic rings. The summed E-state index contributed by atoms with van der Waals surface area (Å²) < 4.78 is 9.75. The van der Waals surface area contributed by atoms with Gasteiger partial charge in [-0.2, -0.15) is 0 Å². The smallest absolute Gasteiger partial charge is 0.341 e. The quantitative estimate of drug-likeness (QED) is 0.772. The lowest BCUT2D eigenvalue weighted by molar-refractivity contribution is -0.139. The van der Waals surface area contributed by atoms with Crippen LogP contribution in [0.25, 0.3) is 0 Å². The average molecular weight is 265 g/mol. The number of aliphatic carboxylic acids is 1. The Morgan fingerprint density at radius 3 is 2.32 bits per heavy atom. The summed E-state index contributed by atoms with van der Waals surface area (Å²) in [4.78, 5) is 34.5. The van der Waals surface area contributed by atoms with E-state index in [0.29, 0.717) is 11.4 Å². The Morgan fingerprint density at radius 2 is 1.79 bits per heavy atom. The number of anilines is 1. The Bertz CT molecular complexity index is 493. The first-order chi connectivity index (χ1) is 9.08. The molecule has 0 unspecified atom stereocenters. The second-order valence-corrected chi connectivity index (χ2v) is 3.79. The Kier molecular flexibility index (Phi) is 3.76. The highest BCUT2D eigenvalue weighted by molar-refractivity contribution is 6.16. The third kappa shape index (κ3) is 3.08. The summed E-state index contributed by atoms with van der Waals surface area (Å²) in [5, 5.41) is 8.47. The predicted molar refractivity (Wildman–Crippen MR) is 62.9 cm³/mol. The summed E-state index contributed by atoms with van der Waals surface area (Å²) in [5.74, 6) is -1.60. The Labute approximate surface area is 108 Å². The van der Waals surface area contributed by atoms with E-state index in [1.165, 1.54) is 24.3 Å². The molecule has 2 amide bonds. The number of amides is 2. The van der Waals surface area contributed by atoms with Gasteiger partial charge >= 0.3 is 5.97 Å². The maximum Gasteiger partial charge on any atom is 0.341 e. The molecule has 1 aromatic rings. The van der Waals surface area contributed by atoms with Crippen molar-refractivity contribution in [1.82, 2.24) is 0 Å². The van der Waals surface area contributed by atoms with Crippen molar-refractivity contribution < 1.29 is 29.0 Å². The van der Waals surface area contributed by atoms with Gasteiger partial charge in [-0.25, -0.2) is 9.69 Å². The largest absolute Gasteiger partial charge is 0.482 e. The van der Waals surface area contributed by atoms with Crippen molar-refractivity contribution in [3.63, 3.8) is 0 Å². The molecule has 2 rings (SSSR count). The molecule has 0 bridgehead atoms. The molecular weight excluding hydrogens is 254 g/mol. The topological polar surface area (TPSA) is 93.1 Å². The standard InChI is InChI=1S/C12H11NO6/c14-10-5-18-6-11(15)13(10)8-1-3-9(4-2-8)19-7-12(16)17/h1-4H,5-7H2,(H,16,17). The van der Waals surface area contributed by atoms with Crippen molar-refractivity contribution in [3.05, 3.63) is 24.3 Å². The zero-order chi connectivity index (χ0) is 13.8. The lowest BCUT2D eigenvalue weighted by atomic mass is 10.2. The summed E-state index contributed by atoms with van der Waals surface area (Å²) in [6, 6.07) is 6.01. The molecule has 0 saturated carbocycles. The Balaban J connectivity index is 2.11. The van der Waals surface area contributed by atoms with Crippen molar-refractivity contribution in [2.75, 3.05) is 24.7 Å². The maximum atomic E-state index is 11.6. The first-order valence-electron chi connectivity index (χ1n) is 5.46. The second kappa shape index (κ2) is 5.49. The molecule has 1 saturated heterocycles. The van der Waals surface area contributed by atoms with E-state index in [9.17, 15) is 14.4 Å². The summed E-state index contributed by atoms with van der Waals surface area (Å²) >= 11 is 0. The molecule has 1 fully saturated rings. The van der Waals surface area contributed by atoms with Gasteiger partial charge < -0.3 is 14.6 Å². The molecule has 1 aliphatic heterocycles. The van der Waals surface area contributed by atoms with Crippen LogP contribution in [0.1, 0.15) is 0 Å². The van der Waals surface area contributed by atoms with Crippen LogP contribution in [-0.4, -0.2) is 42.7 Å². The van der Waals surface area contributed by atoms with Gasteiger partial charge in [0.05, 0.1) is 5.69 Å². The summed E-state index contributed by atoms with van der Waals surface area (Å²) in [6.45, 7) is -0.721. The molecule has 1 heterocycles. The summed E-state index contributed by atoms with van der Waals surface area (Å²) in [7, 11) is 0. The number of ether oxygens (including phenoxy) is 2. The van der Waals surface area contributed by atoms with Crippen molar-refractivity contribution >= 4 is 23.5 Å². The van der Waals surface area contributed by atoms with E-state index in [2.05, 4.69) is 0 Å². The third-order valence-corrected chi connectivity index (χ3v) is 2.41. The highest BCUT2D eigenvalue weighted by Crippen LogP contribution is 2.21. The van der Waals surface area contributed by atoms with E-state index in [0.717, 1.165) is 4.90 Å². The first-order valence-corrected chi connectivity index (χ1v) is 5.46. The van der Waals surface area contributed by atoms with E-state index in [1.54, 1.807) is 0 Å². The minimum Gasteiger partial charge on any atom is -0.482 e. The number of rotatable bonds is 4. The number of carboxylic acid groups (broad SMARTS) is 1. The normalized spacial score (nSPS) is 15.5. The van der Waals surface area contributed by atoms with E-state index < -0.39 is 24.4 Å². The van der Waals surface area contributed by atoms with E-state index >= 15 is 0 Å². The van der Waals surface area contributed by atoms with Gasteiger partial charge in [0.15, 0.2) is 6.61 Å². The molecule has 1 aromatic carbocycles. The Morgan fingerprint density at radius 1 is 1.21 bits per heavy atom. The van der Waals surface area contributed by atoms with Gasteiger partial charge in [0.1, 0.15) is 19.0 Å². The minimum atomic E-state index is -1.08. The fourth-order valence-electron chi connectivity index (χ4n) is 1.62. The van der Waals surface area contributed by atoms with E-state index in [4.69, 9.17) is 14.6 Å². The molecule has 0 atom stereocenters. The Hall–Kier alpha value is -2.41. The number of nitrogens with zero attached hydrogens (tertiary/aromatic N) is 1. The van der Waals surface area contributed by atoms with E-state index in [-0.39, 0.29) is 13.2 Å². The summed E-state index contributed by atoms with van der Waals surface area (Å²) in [6.07, 6.45) is 0. The van der Waals surface area contributed by atoms with Gasteiger partial charge in [-0.05, 0) is 24.3 Å². The number of morpholine rings is 1. The van der Waals surface area contributed by atoms with Crippen LogP contribution in [0.15, 0.2) is 24.3 Å². The van der Waals surface area contributed by atoms with Crippen molar-refractivity contribution in [2.24, 2.45) is 0 Å². The number of hydrogen-bond donors (Lipinski definition) is 1. The molecule has 0 radical (unpaired) electrons. The van der Waals surface area contributed by atoms with Gasteiger partial charge in [-0.1, -0.05) is 0 Å². The summed E-state index contributed by atoms with van der Waals surface area (Å²) in [5.41, 5.74) is 0.404. The molecule has 19 heavy (non-hydrogen) atoms. The number of benzene rings is 1. The highest BCUT2D eigenvalue weighted by atomic mass is 16.5. The van der Waals surface area contributed by atoms with Crippen LogP contribution in [-0.2, 0) is 19.1 Å². The fourth-order valence-corrected chi connectivity index (χ4v) is 1.62. The van der Waals surface area contributed by atoms with Crippen LogP contribution in [0.2, 0.25) is 0 Å². The minimum absolute atomic E-state index is 0.136.